The van der Waals surface area contributed by atoms with Gasteiger partial charge in [0, 0.05) is 0 Å². The molecule has 0 aromatic carbocycles. The molecular formula is C15H41N7. The Bertz CT molecular complexity index is 156. The SMILES string of the molecule is NCCCN(CCCN)CCCN.NCCCNCCCN. The first-order chi connectivity index (χ1) is 10.8. The number of nitrogens with zero attached hydrogens (tertiary/aromatic N) is 1. The maximum atomic E-state index is 5.46. The molecule has 0 spiro atoms. The van der Waals surface area contributed by atoms with Crippen LogP contribution >= 0.6 is 0 Å². The minimum absolute atomic E-state index is 0.766. The van der Waals surface area contributed by atoms with Crippen molar-refractivity contribution < 1.29 is 0 Å². The highest BCUT2D eigenvalue weighted by Crippen LogP contribution is 1.94. The van der Waals surface area contributed by atoms with Crippen molar-refractivity contribution in [1.29, 1.82) is 0 Å². The first kappa shape index (κ1) is 24.0. The van der Waals surface area contributed by atoms with Gasteiger partial charge in [0.2, 0.25) is 0 Å². The predicted molar refractivity (Wildman–Crippen MR) is 97.7 cm³/mol. The quantitative estimate of drug-likeness (QED) is 0.204. The molecule has 0 rings (SSSR count). The summed E-state index contributed by atoms with van der Waals surface area (Å²) in [5.41, 5.74) is 26.9. The number of rotatable bonds is 15. The van der Waals surface area contributed by atoms with E-state index in [-0.39, 0.29) is 0 Å². The molecule has 0 aromatic heterocycles. The van der Waals surface area contributed by atoms with Gasteiger partial charge in [0.25, 0.3) is 0 Å². The molecule has 22 heavy (non-hydrogen) atoms. The molecule has 0 heterocycles. The van der Waals surface area contributed by atoms with Gasteiger partial charge in [0.15, 0.2) is 0 Å². The first-order valence-electron chi connectivity index (χ1n) is 8.70. The van der Waals surface area contributed by atoms with Gasteiger partial charge in [-0.1, -0.05) is 0 Å². The fraction of sp³-hybridized carbons (Fsp3) is 1.00. The molecule has 11 N–H and O–H groups in total. The lowest BCUT2D eigenvalue weighted by Crippen LogP contribution is -2.30. The van der Waals surface area contributed by atoms with Crippen LogP contribution in [0.25, 0.3) is 0 Å². The van der Waals surface area contributed by atoms with E-state index in [1.807, 2.05) is 0 Å². The van der Waals surface area contributed by atoms with Crippen molar-refractivity contribution in [3.05, 3.63) is 0 Å². The molecule has 0 aliphatic carbocycles. The van der Waals surface area contributed by atoms with Gasteiger partial charge in [0.1, 0.15) is 0 Å². The summed E-state index contributed by atoms with van der Waals surface area (Å²) >= 11 is 0. The Morgan fingerprint density at radius 1 is 0.500 bits per heavy atom. The monoisotopic (exact) mass is 319 g/mol. The molecule has 0 aliphatic heterocycles. The van der Waals surface area contributed by atoms with Crippen LogP contribution in [0.2, 0.25) is 0 Å². The average Bonchev–Trinajstić information content (AvgIpc) is 2.55. The van der Waals surface area contributed by atoms with Gasteiger partial charge in [-0.25, -0.2) is 0 Å². The molecule has 7 nitrogen and oxygen atoms in total. The lowest BCUT2D eigenvalue weighted by atomic mass is 10.3. The number of nitrogens with one attached hydrogen (secondary N) is 1. The first-order valence-corrected chi connectivity index (χ1v) is 8.70. The average molecular weight is 320 g/mol. The summed E-state index contributed by atoms with van der Waals surface area (Å²) in [5, 5.41) is 3.23. The fourth-order valence-corrected chi connectivity index (χ4v) is 1.86. The molecule has 7 heteroatoms. The molecule has 0 fully saturated rings. The maximum Gasteiger partial charge on any atom is -0.000670 e. The van der Waals surface area contributed by atoms with E-state index >= 15 is 0 Å². The Kier molecular flexibility index (Phi) is 25.1. The number of nitrogens with two attached hydrogens (primary N) is 5. The lowest BCUT2D eigenvalue weighted by molar-refractivity contribution is 0.268. The number of hydrogen-bond acceptors (Lipinski definition) is 7. The Hall–Kier alpha value is -0.280. The van der Waals surface area contributed by atoms with Crippen LogP contribution in [0, 0.1) is 0 Å². The Morgan fingerprint density at radius 3 is 1.09 bits per heavy atom. The Balaban J connectivity index is 0. The van der Waals surface area contributed by atoms with E-state index in [4.69, 9.17) is 28.7 Å². The summed E-state index contributed by atoms with van der Waals surface area (Å²) in [6.07, 6.45) is 5.31. The van der Waals surface area contributed by atoms with Gasteiger partial charge in [-0.2, -0.15) is 0 Å². The van der Waals surface area contributed by atoms with Crippen molar-refractivity contribution in [3.63, 3.8) is 0 Å². The van der Waals surface area contributed by atoms with Crippen LogP contribution in [-0.4, -0.2) is 70.3 Å². The minimum atomic E-state index is 0.766. The summed E-state index contributed by atoms with van der Waals surface area (Å²) in [6.45, 7) is 9.13. The molecule has 0 bridgehead atoms. The minimum Gasteiger partial charge on any atom is -0.330 e. The maximum absolute atomic E-state index is 5.46. The Labute approximate surface area is 137 Å². The zero-order chi connectivity index (χ0) is 16.9. The largest absolute Gasteiger partial charge is 0.330 e. The van der Waals surface area contributed by atoms with Crippen LogP contribution in [0.4, 0.5) is 0 Å². The molecule has 0 atom stereocenters. The smallest absolute Gasteiger partial charge is 0.000670 e. The zero-order valence-electron chi connectivity index (χ0n) is 14.4. The summed E-state index contributed by atoms with van der Waals surface area (Å²) in [6, 6.07) is 0. The third kappa shape index (κ3) is 22.0. The van der Waals surface area contributed by atoms with E-state index in [0.29, 0.717) is 0 Å². The van der Waals surface area contributed by atoms with Gasteiger partial charge < -0.3 is 38.9 Å². The summed E-state index contributed by atoms with van der Waals surface area (Å²) in [4.78, 5) is 2.40. The van der Waals surface area contributed by atoms with Crippen LogP contribution in [0.1, 0.15) is 32.1 Å². The van der Waals surface area contributed by atoms with Crippen molar-refractivity contribution in [2.45, 2.75) is 32.1 Å². The van der Waals surface area contributed by atoms with Crippen molar-refractivity contribution >= 4 is 0 Å². The van der Waals surface area contributed by atoms with E-state index in [9.17, 15) is 0 Å². The molecule has 136 valence electrons. The van der Waals surface area contributed by atoms with Gasteiger partial charge in [0.05, 0.1) is 0 Å². The fourth-order valence-electron chi connectivity index (χ4n) is 1.86. The van der Waals surface area contributed by atoms with Gasteiger partial charge in [-0.05, 0) is 97.6 Å². The second kappa shape index (κ2) is 23.0. The Morgan fingerprint density at radius 2 is 0.818 bits per heavy atom. The third-order valence-corrected chi connectivity index (χ3v) is 3.15. The van der Waals surface area contributed by atoms with Gasteiger partial charge in [-0.15, -0.1) is 0 Å². The van der Waals surface area contributed by atoms with Crippen molar-refractivity contribution in [3.8, 4) is 0 Å². The highest BCUT2D eigenvalue weighted by molar-refractivity contribution is 4.59. The zero-order valence-corrected chi connectivity index (χ0v) is 14.4. The number of hydrogen-bond donors (Lipinski definition) is 6. The topological polar surface area (TPSA) is 145 Å². The van der Waals surface area contributed by atoms with Crippen LogP contribution in [0.5, 0.6) is 0 Å². The van der Waals surface area contributed by atoms with E-state index in [1.54, 1.807) is 0 Å². The van der Waals surface area contributed by atoms with Crippen molar-refractivity contribution in [1.82, 2.24) is 10.2 Å². The van der Waals surface area contributed by atoms with E-state index in [1.165, 1.54) is 0 Å². The van der Waals surface area contributed by atoms with Crippen LogP contribution in [0.3, 0.4) is 0 Å². The normalized spacial score (nSPS) is 10.6. The summed E-state index contributed by atoms with van der Waals surface area (Å²) < 4.78 is 0. The van der Waals surface area contributed by atoms with E-state index in [0.717, 1.165) is 97.6 Å². The molecule has 0 saturated heterocycles. The van der Waals surface area contributed by atoms with E-state index < -0.39 is 0 Å². The van der Waals surface area contributed by atoms with Crippen LogP contribution in [-0.2, 0) is 0 Å². The standard InChI is InChI=1S/C9H24N4.C6H17N3/c10-4-1-7-13(8-2-5-11)9-3-6-12;7-3-1-5-9-6-2-4-8/h1-12H2;9H,1-8H2. The molecular weight excluding hydrogens is 278 g/mol. The summed E-state index contributed by atoms with van der Waals surface area (Å²) in [5.74, 6) is 0. The molecule has 0 unspecified atom stereocenters. The van der Waals surface area contributed by atoms with Crippen molar-refractivity contribution in [2.75, 3.05) is 65.4 Å². The summed E-state index contributed by atoms with van der Waals surface area (Å²) in [7, 11) is 0. The lowest BCUT2D eigenvalue weighted by Gasteiger charge is -2.21. The molecule has 0 aromatic rings. The van der Waals surface area contributed by atoms with Gasteiger partial charge >= 0.3 is 0 Å². The molecule has 0 radical (unpaired) electrons. The second-order valence-electron chi connectivity index (χ2n) is 5.30. The highest BCUT2D eigenvalue weighted by Gasteiger charge is 2.02. The predicted octanol–water partition coefficient (Wildman–Crippen LogP) is -1.39. The van der Waals surface area contributed by atoms with Crippen LogP contribution in [0.15, 0.2) is 0 Å². The van der Waals surface area contributed by atoms with Crippen LogP contribution < -0.4 is 34.0 Å². The van der Waals surface area contributed by atoms with Crippen molar-refractivity contribution in [2.24, 2.45) is 28.7 Å². The van der Waals surface area contributed by atoms with Gasteiger partial charge in [-0.3, -0.25) is 0 Å². The second-order valence-corrected chi connectivity index (χ2v) is 5.30. The highest BCUT2D eigenvalue weighted by atomic mass is 15.1. The third-order valence-electron chi connectivity index (χ3n) is 3.15. The molecule has 0 amide bonds. The van der Waals surface area contributed by atoms with E-state index in [2.05, 4.69) is 10.2 Å². The molecule has 0 aliphatic rings. The molecule has 0 saturated carbocycles.